The summed E-state index contributed by atoms with van der Waals surface area (Å²) in [6.45, 7) is 3.28. The van der Waals surface area contributed by atoms with E-state index in [0.29, 0.717) is 5.56 Å². The molecule has 0 saturated heterocycles. The third-order valence-electron chi connectivity index (χ3n) is 2.33. The first-order valence-corrected chi connectivity index (χ1v) is 6.49. The summed E-state index contributed by atoms with van der Waals surface area (Å²) in [6.07, 6.45) is 0.945. The molecule has 0 saturated carbocycles. The molecule has 86 valence electrons. The van der Waals surface area contributed by atoms with Crippen LogP contribution in [-0.4, -0.2) is 14.7 Å². The van der Waals surface area contributed by atoms with Crippen LogP contribution in [0.4, 0.5) is 4.39 Å². The quantitative estimate of drug-likeness (QED) is 0.796. The summed E-state index contributed by atoms with van der Waals surface area (Å²) in [5.41, 5.74) is -0.378. The fraction of sp³-hybridized carbons (Fsp3) is 0.364. The largest absolute Gasteiger partial charge is 0.224 e. The number of sulfone groups is 1. The fourth-order valence-corrected chi connectivity index (χ4v) is 1.98. The number of nitrogens with zero attached hydrogens (tertiary/aromatic N) is 1. The van der Waals surface area contributed by atoms with Gasteiger partial charge in [0.2, 0.25) is 0 Å². The molecule has 1 aromatic carbocycles. The molecule has 5 heteroatoms. The molecule has 3 nitrogen and oxygen atoms in total. The highest BCUT2D eigenvalue weighted by molar-refractivity contribution is 7.90. The van der Waals surface area contributed by atoms with Crippen LogP contribution in [0.15, 0.2) is 23.1 Å². The number of hydrogen-bond donors (Lipinski definition) is 0. The number of halogens is 1. The summed E-state index contributed by atoms with van der Waals surface area (Å²) < 4.78 is 35.9. The van der Waals surface area contributed by atoms with Gasteiger partial charge in [-0.05, 0) is 31.5 Å². The van der Waals surface area contributed by atoms with E-state index >= 15 is 0 Å². The van der Waals surface area contributed by atoms with Crippen LogP contribution in [0.25, 0.3) is 0 Å². The van der Waals surface area contributed by atoms with Gasteiger partial charge in [0.05, 0.1) is 11.5 Å². The van der Waals surface area contributed by atoms with Crippen molar-refractivity contribution in [3.63, 3.8) is 0 Å². The van der Waals surface area contributed by atoms with Crippen LogP contribution in [0.2, 0.25) is 0 Å². The van der Waals surface area contributed by atoms with Gasteiger partial charge in [-0.25, -0.2) is 12.8 Å². The first-order chi connectivity index (χ1) is 7.18. The second-order valence-corrected chi connectivity index (χ2v) is 6.14. The van der Waals surface area contributed by atoms with Gasteiger partial charge in [-0.15, -0.1) is 0 Å². The van der Waals surface area contributed by atoms with Crippen molar-refractivity contribution in [2.75, 3.05) is 6.26 Å². The molecule has 1 rings (SSSR count). The van der Waals surface area contributed by atoms with Crippen molar-refractivity contribution in [1.82, 2.24) is 0 Å². The van der Waals surface area contributed by atoms with Crippen molar-refractivity contribution in [1.29, 1.82) is 5.26 Å². The van der Waals surface area contributed by atoms with E-state index in [9.17, 15) is 12.8 Å². The maximum Gasteiger partial charge on any atom is 0.178 e. The van der Waals surface area contributed by atoms with Crippen LogP contribution in [0.5, 0.6) is 0 Å². The molecule has 0 spiro atoms. The smallest absolute Gasteiger partial charge is 0.178 e. The van der Waals surface area contributed by atoms with E-state index in [1.165, 1.54) is 12.1 Å². The lowest BCUT2D eigenvalue weighted by molar-refractivity contribution is 0.564. The van der Waals surface area contributed by atoms with Crippen LogP contribution in [-0.2, 0) is 15.3 Å². The van der Waals surface area contributed by atoms with Gasteiger partial charge in [0.1, 0.15) is 10.7 Å². The molecule has 16 heavy (non-hydrogen) atoms. The molecule has 0 aliphatic heterocycles. The lowest BCUT2D eigenvalue weighted by Crippen LogP contribution is -2.15. The van der Waals surface area contributed by atoms with Crippen molar-refractivity contribution in [2.24, 2.45) is 0 Å². The molecule has 0 radical (unpaired) electrons. The minimum atomic E-state index is -3.56. The Hall–Kier alpha value is -1.41. The van der Waals surface area contributed by atoms with Gasteiger partial charge in [0.15, 0.2) is 9.84 Å². The van der Waals surface area contributed by atoms with E-state index in [1.54, 1.807) is 13.8 Å². The minimum absolute atomic E-state index is 0.343. The Bertz CT molecular complexity index is 556. The van der Waals surface area contributed by atoms with Gasteiger partial charge in [-0.2, -0.15) is 5.26 Å². The highest BCUT2D eigenvalue weighted by atomic mass is 32.2. The van der Waals surface area contributed by atoms with E-state index in [2.05, 4.69) is 0 Å². The normalized spacial score (nSPS) is 12.2. The van der Waals surface area contributed by atoms with E-state index in [-0.39, 0.29) is 4.90 Å². The summed E-state index contributed by atoms with van der Waals surface area (Å²) >= 11 is 0. The first-order valence-electron chi connectivity index (χ1n) is 4.60. The first kappa shape index (κ1) is 12.7. The number of nitriles is 1. The maximum absolute atomic E-state index is 13.5. The third kappa shape index (κ3) is 2.39. The zero-order valence-electron chi connectivity index (χ0n) is 9.28. The van der Waals surface area contributed by atoms with Gasteiger partial charge in [-0.3, -0.25) is 0 Å². The summed E-state index contributed by atoms with van der Waals surface area (Å²) in [5, 5.41) is 8.88. The highest BCUT2D eigenvalue weighted by Gasteiger charge is 2.22. The second kappa shape index (κ2) is 3.87. The van der Waals surface area contributed by atoms with Gasteiger partial charge >= 0.3 is 0 Å². The molecular weight excluding hydrogens is 229 g/mol. The number of hydrogen-bond acceptors (Lipinski definition) is 3. The predicted molar refractivity (Wildman–Crippen MR) is 58.1 cm³/mol. The van der Waals surface area contributed by atoms with Crippen molar-refractivity contribution >= 4 is 9.84 Å². The van der Waals surface area contributed by atoms with Gasteiger partial charge in [-0.1, -0.05) is 6.07 Å². The van der Waals surface area contributed by atoms with Crippen molar-refractivity contribution < 1.29 is 12.8 Å². The Kier molecular flexibility index (Phi) is 3.06. The fourth-order valence-electron chi connectivity index (χ4n) is 1.25. The van der Waals surface area contributed by atoms with E-state index in [4.69, 9.17) is 5.26 Å². The van der Waals surface area contributed by atoms with Crippen molar-refractivity contribution in [3.05, 3.63) is 29.6 Å². The molecule has 0 bridgehead atoms. The monoisotopic (exact) mass is 241 g/mol. The molecule has 0 N–H and O–H groups in total. The van der Waals surface area contributed by atoms with Crippen molar-refractivity contribution in [3.8, 4) is 6.07 Å². The Morgan fingerprint density at radius 3 is 2.31 bits per heavy atom. The maximum atomic E-state index is 13.5. The van der Waals surface area contributed by atoms with Crippen molar-refractivity contribution in [2.45, 2.75) is 24.2 Å². The third-order valence-corrected chi connectivity index (χ3v) is 3.46. The summed E-state index contributed by atoms with van der Waals surface area (Å²) in [7, 11) is -3.56. The topological polar surface area (TPSA) is 57.9 Å². The molecule has 0 aromatic heterocycles. The van der Waals surface area contributed by atoms with Gasteiger partial charge in [0, 0.05) is 6.26 Å². The van der Waals surface area contributed by atoms with E-state index < -0.39 is 21.1 Å². The molecule has 1 aromatic rings. The average Bonchev–Trinajstić information content (AvgIpc) is 2.15. The minimum Gasteiger partial charge on any atom is -0.224 e. The van der Waals surface area contributed by atoms with Crippen LogP contribution >= 0.6 is 0 Å². The van der Waals surface area contributed by atoms with Crippen LogP contribution in [0, 0.1) is 17.1 Å². The van der Waals surface area contributed by atoms with E-state index in [0.717, 1.165) is 12.3 Å². The molecule has 0 aliphatic carbocycles. The van der Waals surface area contributed by atoms with Crippen LogP contribution in [0.1, 0.15) is 19.4 Å². The van der Waals surface area contributed by atoms with Gasteiger partial charge in [0.25, 0.3) is 0 Å². The second-order valence-electron chi connectivity index (χ2n) is 4.15. The Balaban J connectivity index is 3.38. The summed E-state index contributed by atoms with van der Waals surface area (Å²) in [6, 6.07) is 5.78. The molecule has 0 amide bonds. The Morgan fingerprint density at radius 1 is 1.38 bits per heavy atom. The van der Waals surface area contributed by atoms with Crippen LogP contribution in [0.3, 0.4) is 0 Å². The van der Waals surface area contributed by atoms with Crippen LogP contribution < -0.4 is 0 Å². The predicted octanol–water partition coefficient (Wildman–Crippen LogP) is 2.03. The molecule has 0 atom stereocenters. The lowest BCUT2D eigenvalue weighted by atomic mass is 9.86. The zero-order chi connectivity index (χ0) is 12.6. The Morgan fingerprint density at radius 2 is 1.94 bits per heavy atom. The summed E-state index contributed by atoms with van der Waals surface area (Å²) in [4.78, 5) is -0.343. The summed E-state index contributed by atoms with van der Waals surface area (Å²) in [5.74, 6) is -0.816. The lowest BCUT2D eigenvalue weighted by Gasteiger charge is -2.16. The highest BCUT2D eigenvalue weighted by Crippen LogP contribution is 2.25. The van der Waals surface area contributed by atoms with Gasteiger partial charge < -0.3 is 0 Å². The molecule has 0 fully saturated rings. The Labute approximate surface area is 94.4 Å². The molecule has 0 heterocycles. The number of benzene rings is 1. The molecule has 0 aliphatic rings. The standard InChI is InChI=1S/C11H12FNO2S/c1-11(2,7-13)8-4-5-10(9(12)6-8)16(3,14)15/h4-6H,1-3H3. The molecule has 0 unspecified atom stereocenters. The number of rotatable bonds is 2. The van der Waals surface area contributed by atoms with E-state index in [1.807, 2.05) is 6.07 Å². The SMILES string of the molecule is CC(C)(C#N)c1ccc(S(C)(=O)=O)c(F)c1. The average molecular weight is 241 g/mol. The molecular formula is C11H12FNO2S. The zero-order valence-corrected chi connectivity index (χ0v) is 10.1.